The van der Waals surface area contributed by atoms with Crippen LogP contribution < -0.4 is 0 Å². The Balaban J connectivity index is 3.58. The van der Waals surface area contributed by atoms with Gasteiger partial charge >= 0.3 is 5.97 Å². The molecule has 52 valence electrons. The molecule has 0 amide bonds. The molecule has 0 aliphatic heterocycles. The molecule has 0 aromatic heterocycles. The Hall–Kier alpha value is -0.480. The van der Waals surface area contributed by atoms with Crippen LogP contribution in [-0.2, 0) is 8.98 Å². The van der Waals surface area contributed by atoms with Crippen LogP contribution in [0.15, 0.2) is 12.7 Å². The van der Waals surface area contributed by atoms with Gasteiger partial charge in [-0.3, -0.25) is 0 Å². The van der Waals surface area contributed by atoms with Crippen LogP contribution >= 0.6 is 12.9 Å². The van der Waals surface area contributed by atoms with Crippen molar-refractivity contribution in [3.63, 3.8) is 0 Å². The molecule has 0 aromatic carbocycles. The van der Waals surface area contributed by atoms with E-state index in [1.165, 1.54) is 6.08 Å². The van der Waals surface area contributed by atoms with Gasteiger partial charge in [-0.15, -0.1) is 6.58 Å². The molecule has 3 nitrogen and oxygen atoms in total. The van der Waals surface area contributed by atoms with Crippen LogP contribution in [0.3, 0.4) is 0 Å². The first-order valence-electron chi connectivity index (χ1n) is 2.36. The van der Waals surface area contributed by atoms with Crippen molar-refractivity contribution >= 4 is 18.9 Å². The van der Waals surface area contributed by atoms with Crippen molar-refractivity contribution < 1.29 is 14.1 Å². The molecule has 0 fully saturated rings. The van der Waals surface area contributed by atoms with E-state index in [1.807, 2.05) is 0 Å². The van der Waals surface area contributed by atoms with Crippen LogP contribution in [-0.4, -0.2) is 17.2 Å². The molecular formula is C5H8O3S. The Labute approximate surface area is 58.9 Å². The van der Waals surface area contributed by atoms with E-state index < -0.39 is 12.1 Å². The standard InChI is InChI=1S/C5H8O3S/c1-2-3-4(6)5(7)8-9/h2,4,6,9H,1,3H2. The number of carbonyl (C=O) groups is 1. The van der Waals surface area contributed by atoms with Gasteiger partial charge in [-0.05, 0) is 0 Å². The van der Waals surface area contributed by atoms with Crippen molar-refractivity contribution in [3.8, 4) is 0 Å². The molecule has 1 unspecified atom stereocenters. The van der Waals surface area contributed by atoms with E-state index in [0.717, 1.165) is 0 Å². The Morgan fingerprint density at radius 2 is 2.56 bits per heavy atom. The van der Waals surface area contributed by atoms with E-state index in [4.69, 9.17) is 5.11 Å². The van der Waals surface area contributed by atoms with Crippen molar-refractivity contribution in [1.82, 2.24) is 0 Å². The summed E-state index contributed by atoms with van der Waals surface area (Å²) in [4.78, 5) is 10.3. The topological polar surface area (TPSA) is 46.5 Å². The maximum atomic E-state index is 10.3. The third-order valence-electron chi connectivity index (χ3n) is 0.752. The summed E-state index contributed by atoms with van der Waals surface area (Å²) in [5, 5.41) is 8.72. The number of hydrogen-bond acceptors (Lipinski definition) is 4. The van der Waals surface area contributed by atoms with Gasteiger partial charge in [0.15, 0.2) is 6.10 Å². The van der Waals surface area contributed by atoms with Gasteiger partial charge in [0.25, 0.3) is 0 Å². The second kappa shape index (κ2) is 4.40. The molecule has 1 N–H and O–H groups in total. The highest BCUT2D eigenvalue weighted by Gasteiger charge is 2.12. The number of hydrogen-bond donors (Lipinski definition) is 2. The third kappa shape index (κ3) is 3.16. The number of thiol groups is 1. The van der Waals surface area contributed by atoms with Crippen molar-refractivity contribution in [2.45, 2.75) is 12.5 Å². The Morgan fingerprint density at radius 3 is 2.89 bits per heavy atom. The fraction of sp³-hybridized carbons (Fsp3) is 0.400. The van der Waals surface area contributed by atoms with Gasteiger partial charge in [-0.25, -0.2) is 4.79 Å². The highest BCUT2D eigenvalue weighted by Crippen LogP contribution is 1.96. The lowest BCUT2D eigenvalue weighted by atomic mass is 10.2. The van der Waals surface area contributed by atoms with Crippen molar-refractivity contribution in [3.05, 3.63) is 12.7 Å². The quantitative estimate of drug-likeness (QED) is 0.344. The predicted octanol–water partition coefficient (Wildman–Crippen LogP) is 0.311. The molecule has 4 heteroatoms. The normalized spacial score (nSPS) is 12.2. The molecule has 0 bridgehead atoms. The number of aliphatic hydroxyl groups excluding tert-OH is 1. The molecule has 1 atom stereocenters. The van der Waals surface area contributed by atoms with Crippen LogP contribution in [0.2, 0.25) is 0 Å². The molecule has 0 saturated heterocycles. The molecule has 0 aliphatic rings. The summed E-state index contributed by atoms with van der Waals surface area (Å²) >= 11 is 3.20. The second-order valence-corrected chi connectivity index (χ2v) is 1.63. The van der Waals surface area contributed by atoms with Crippen LogP contribution in [0.4, 0.5) is 0 Å². The molecular weight excluding hydrogens is 140 g/mol. The summed E-state index contributed by atoms with van der Waals surface area (Å²) in [6, 6.07) is 0. The molecule has 0 rings (SSSR count). The van der Waals surface area contributed by atoms with Crippen LogP contribution in [0, 0.1) is 0 Å². The minimum absolute atomic E-state index is 0.194. The first-order valence-corrected chi connectivity index (χ1v) is 2.73. The first kappa shape index (κ1) is 8.52. The molecule has 0 radical (unpaired) electrons. The average molecular weight is 148 g/mol. The predicted molar refractivity (Wildman–Crippen MR) is 35.9 cm³/mol. The first-order chi connectivity index (χ1) is 4.22. The maximum Gasteiger partial charge on any atom is 0.347 e. The SMILES string of the molecule is C=CCC(O)C(=O)OS. The lowest BCUT2D eigenvalue weighted by molar-refractivity contribution is -0.141. The molecule has 0 aliphatic carbocycles. The highest BCUT2D eigenvalue weighted by molar-refractivity contribution is 7.75. The van der Waals surface area contributed by atoms with E-state index in [9.17, 15) is 4.79 Å². The van der Waals surface area contributed by atoms with Crippen molar-refractivity contribution in [2.75, 3.05) is 0 Å². The monoisotopic (exact) mass is 148 g/mol. The Morgan fingerprint density at radius 1 is 2.00 bits per heavy atom. The molecule has 9 heavy (non-hydrogen) atoms. The Bertz CT molecular complexity index is 113. The lowest BCUT2D eigenvalue weighted by Gasteiger charge is -2.01. The zero-order valence-corrected chi connectivity index (χ0v) is 5.67. The zero-order chi connectivity index (χ0) is 7.28. The van der Waals surface area contributed by atoms with Crippen LogP contribution in [0.25, 0.3) is 0 Å². The fourth-order valence-electron chi connectivity index (χ4n) is 0.315. The second-order valence-electron chi connectivity index (χ2n) is 1.45. The van der Waals surface area contributed by atoms with Crippen LogP contribution in [0.5, 0.6) is 0 Å². The molecule has 0 heterocycles. The number of carbonyl (C=O) groups excluding carboxylic acids is 1. The van der Waals surface area contributed by atoms with E-state index >= 15 is 0 Å². The zero-order valence-electron chi connectivity index (χ0n) is 4.78. The summed E-state index contributed by atoms with van der Waals surface area (Å²) in [7, 11) is 0. The fourth-order valence-corrected chi connectivity index (χ4v) is 0.437. The summed E-state index contributed by atoms with van der Waals surface area (Å²) in [5.41, 5.74) is 0. The number of aliphatic hydroxyl groups is 1. The molecule has 0 aromatic rings. The summed E-state index contributed by atoms with van der Waals surface area (Å²) in [6.45, 7) is 3.32. The van der Waals surface area contributed by atoms with Gasteiger partial charge in [-0.2, -0.15) is 0 Å². The van der Waals surface area contributed by atoms with E-state index in [2.05, 4.69) is 23.7 Å². The number of rotatable bonds is 3. The van der Waals surface area contributed by atoms with Gasteiger partial charge in [-0.1, -0.05) is 6.08 Å². The van der Waals surface area contributed by atoms with E-state index in [0.29, 0.717) is 0 Å². The smallest absolute Gasteiger partial charge is 0.347 e. The van der Waals surface area contributed by atoms with Crippen molar-refractivity contribution in [1.29, 1.82) is 0 Å². The highest BCUT2D eigenvalue weighted by atomic mass is 32.1. The van der Waals surface area contributed by atoms with E-state index in [-0.39, 0.29) is 6.42 Å². The average Bonchev–Trinajstić information content (AvgIpc) is 1.87. The van der Waals surface area contributed by atoms with Crippen molar-refractivity contribution in [2.24, 2.45) is 0 Å². The largest absolute Gasteiger partial charge is 0.393 e. The summed E-state index contributed by atoms with van der Waals surface area (Å²) in [5.74, 6) is -0.752. The van der Waals surface area contributed by atoms with Gasteiger partial charge in [0, 0.05) is 19.3 Å². The molecule has 0 saturated carbocycles. The molecule has 0 spiro atoms. The minimum Gasteiger partial charge on any atom is -0.393 e. The van der Waals surface area contributed by atoms with Gasteiger partial charge < -0.3 is 9.29 Å². The Kier molecular flexibility index (Phi) is 4.17. The van der Waals surface area contributed by atoms with Crippen LogP contribution in [0.1, 0.15) is 6.42 Å². The van der Waals surface area contributed by atoms with Gasteiger partial charge in [0.1, 0.15) is 0 Å². The van der Waals surface area contributed by atoms with E-state index in [1.54, 1.807) is 0 Å². The minimum atomic E-state index is -1.13. The summed E-state index contributed by atoms with van der Waals surface area (Å²) < 4.78 is 3.92. The summed E-state index contributed by atoms with van der Waals surface area (Å²) in [6.07, 6.45) is 0.495. The van der Waals surface area contributed by atoms with Gasteiger partial charge in [0.2, 0.25) is 0 Å². The maximum absolute atomic E-state index is 10.3. The lowest BCUT2D eigenvalue weighted by Crippen LogP contribution is -2.18. The van der Waals surface area contributed by atoms with Gasteiger partial charge in [0.05, 0.1) is 0 Å². The third-order valence-corrected chi connectivity index (χ3v) is 0.932.